The molecule has 2 N–H and O–H groups in total. The summed E-state index contributed by atoms with van der Waals surface area (Å²) in [5, 5.41) is 8.96. The number of Topliss-reactive ketones (excluding diaryl/α,β-unsaturated/α-hetero) is 1. The van der Waals surface area contributed by atoms with Crippen LogP contribution in [0.25, 0.3) is 0 Å². The first-order valence-corrected chi connectivity index (χ1v) is 6.06. The Labute approximate surface area is 115 Å². The molecule has 1 heterocycles. The van der Waals surface area contributed by atoms with E-state index in [0.29, 0.717) is 30.0 Å². The van der Waals surface area contributed by atoms with Crippen molar-refractivity contribution in [2.75, 3.05) is 11.9 Å². The average Bonchev–Trinajstić information content (AvgIpc) is 2.92. The van der Waals surface area contributed by atoms with Crippen LogP contribution < -0.4 is 10.6 Å². The van der Waals surface area contributed by atoms with Crippen LogP contribution in [-0.4, -0.2) is 28.5 Å². The number of carbonyl (C=O) groups is 2. The Morgan fingerprint density at radius 3 is 2.60 bits per heavy atom. The number of hydrogen-bond donors (Lipinski definition) is 2. The lowest BCUT2D eigenvalue weighted by Crippen LogP contribution is -2.30. The highest BCUT2D eigenvalue weighted by atomic mass is 16.5. The molecule has 0 bridgehead atoms. The average molecular weight is 274 g/mol. The first kappa shape index (κ1) is 13.7. The summed E-state index contributed by atoms with van der Waals surface area (Å²) in [6, 6.07) is 6.35. The SMILES string of the molecule is CC(=O)c1ccc(NC(=O)NCCc2ncon2)cc1. The van der Waals surface area contributed by atoms with Crippen molar-refractivity contribution in [2.24, 2.45) is 0 Å². The number of rotatable bonds is 5. The number of anilines is 1. The lowest BCUT2D eigenvalue weighted by Gasteiger charge is -2.07. The topological polar surface area (TPSA) is 97.1 Å². The van der Waals surface area contributed by atoms with Crippen LogP contribution in [0.4, 0.5) is 10.5 Å². The van der Waals surface area contributed by atoms with Gasteiger partial charge in [0, 0.05) is 24.2 Å². The molecule has 20 heavy (non-hydrogen) atoms. The van der Waals surface area contributed by atoms with Gasteiger partial charge in [0.25, 0.3) is 0 Å². The van der Waals surface area contributed by atoms with Crippen LogP contribution in [0.3, 0.4) is 0 Å². The predicted molar refractivity (Wildman–Crippen MR) is 71.5 cm³/mol. The van der Waals surface area contributed by atoms with Gasteiger partial charge in [-0.25, -0.2) is 4.79 Å². The highest BCUT2D eigenvalue weighted by Gasteiger charge is 2.04. The van der Waals surface area contributed by atoms with E-state index in [4.69, 9.17) is 0 Å². The minimum Gasteiger partial charge on any atom is -0.343 e. The largest absolute Gasteiger partial charge is 0.343 e. The molecule has 0 aliphatic rings. The van der Waals surface area contributed by atoms with Gasteiger partial charge in [-0.3, -0.25) is 4.79 Å². The second kappa shape index (κ2) is 6.46. The number of ketones is 1. The van der Waals surface area contributed by atoms with Crippen LogP contribution in [-0.2, 0) is 6.42 Å². The number of amides is 2. The quantitative estimate of drug-likeness (QED) is 0.808. The Hall–Kier alpha value is -2.70. The van der Waals surface area contributed by atoms with Gasteiger partial charge in [-0.05, 0) is 31.2 Å². The van der Waals surface area contributed by atoms with Gasteiger partial charge in [-0.15, -0.1) is 0 Å². The molecule has 1 aromatic heterocycles. The molecule has 0 fully saturated rings. The fourth-order valence-corrected chi connectivity index (χ4v) is 1.55. The van der Waals surface area contributed by atoms with E-state index in [1.54, 1.807) is 24.3 Å². The van der Waals surface area contributed by atoms with E-state index in [2.05, 4.69) is 25.3 Å². The summed E-state index contributed by atoms with van der Waals surface area (Å²) < 4.78 is 4.58. The zero-order valence-electron chi connectivity index (χ0n) is 10.9. The molecule has 0 radical (unpaired) electrons. The number of nitrogens with one attached hydrogen (secondary N) is 2. The number of urea groups is 1. The third kappa shape index (κ3) is 3.91. The third-order valence-corrected chi connectivity index (χ3v) is 2.59. The molecule has 0 spiro atoms. The summed E-state index contributed by atoms with van der Waals surface area (Å²) in [5.74, 6) is 0.525. The zero-order valence-corrected chi connectivity index (χ0v) is 10.9. The molecule has 2 amide bonds. The van der Waals surface area contributed by atoms with Gasteiger partial charge >= 0.3 is 6.03 Å². The molecule has 2 aromatic rings. The normalized spacial score (nSPS) is 10.1. The van der Waals surface area contributed by atoms with E-state index in [9.17, 15) is 9.59 Å². The standard InChI is InChI=1S/C13H14N4O3/c1-9(18)10-2-4-11(5-3-10)16-13(19)14-7-6-12-15-8-20-17-12/h2-5,8H,6-7H2,1H3,(H2,14,16,19). The monoisotopic (exact) mass is 274 g/mol. The van der Waals surface area contributed by atoms with Gasteiger partial charge in [0.15, 0.2) is 11.6 Å². The van der Waals surface area contributed by atoms with Crippen LogP contribution in [0.15, 0.2) is 35.2 Å². The Bertz CT molecular complexity index is 578. The zero-order chi connectivity index (χ0) is 14.4. The van der Waals surface area contributed by atoms with Crippen molar-refractivity contribution in [3.63, 3.8) is 0 Å². The van der Waals surface area contributed by atoms with Gasteiger partial charge in [-0.2, -0.15) is 4.98 Å². The van der Waals surface area contributed by atoms with Crippen LogP contribution in [0, 0.1) is 0 Å². The van der Waals surface area contributed by atoms with Gasteiger partial charge in [0.05, 0.1) is 0 Å². The number of benzene rings is 1. The molecular formula is C13H14N4O3. The number of hydrogen-bond acceptors (Lipinski definition) is 5. The Morgan fingerprint density at radius 1 is 1.25 bits per heavy atom. The Morgan fingerprint density at radius 2 is 2.00 bits per heavy atom. The summed E-state index contributed by atoms with van der Waals surface area (Å²) in [4.78, 5) is 26.6. The fraction of sp³-hybridized carbons (Fsp3) is 0.231. The van der Waals surface area contributed by atoms with Gasteiger partial charge in [0.2, 0.25) is 6.39 Å². The molecule has 0 atom stereocenters. The van der Waals surface area contributed by atoms with Crippen molar-refractivity contribution in [3.05, 3.63) is 42.0 Å². The second-order valence-corrected chi connectivity index (χ2v) is 4.11. The van der Waals surface area contributed by atoms with Crippen molar-refractivity contribution in [3.8, 4) is 0 Å². The van der Waals surface area contributed by atoms with E-state index >= 15 is 0 Å². The maximum Gasteiger partial charge on any atom is 0.319 e. The molecule has 7 nitrogen and oxygen atoms in total. The first-order chi connectivity index (χ1) is 9.65. The maximum absolute atomic E-state index is 11.6. The molecule has 0 saturated heterocycles. The van der Waals surface area contributed by atoms with Crippen molar-refractivity contribution in [1.82, 2.24) is 15.5 Å². The van der Waals surface area contributed by atoms with E-state index in [0.717, 1.165) is 0 Å². The molecule has 0 aliphatic carbocycles. The minimum atomic E-state index is -0.330. The summed E-state index contributed by atoms with van der Waals surface area (Å²) in [6.07, 6.45) is 1.74. The third-order valence-electron chi connectivity index (χ3n) is 2.59. The van der Waals surface area contributed by atoms with Crippen molar-refractivity contribution >= 4 is 17.5 Å². The lowest BCUT2D eigenvalue weighted by molar-refractivity contribution is 0.101. The fourth-order valence-electron chi connectivity index (χ4n) is 1.55. The molecule has 2 rings (SSSR count). The van der Waals surface area contributed by atoms with Gasteiger partial charge in [-0.1, -0.05) is 5.16 Å². The van der Waals surface area contributed by atoms with E-state index in [1.807, 2.05) is 0 Å². The molecule has 104 valence electrons. The number of nitrogens with zero attached hydrogens (tertiary/aromatic N) is 2. The van der Waals surface area contributed by atoms with E-state index < -0.39 is 0 Å². The van der Waals surface area contributed by atoms with Gasteiger partial charge < -0.3 is 15.2 Å². The van der Waals surface area contributed by atoms with Crippen molar-refractivity contribution < 1.29 is 14.1 Å². The second-order valence-electron chi connectivity index (χ2n) is 4.11. The molecule has 1 aromatic carbocycles. The lowest BCUT2D eigenvalue weighted by atomic mass is 10.1. The maximum atomic E-state index is 11.6. The predicted octanol–water partition coefficient (Wildman–Crippen LogP) is 1.64. The number of carbonyl (C=O) groups excluding carboxylic acids is 2. The van der Waals surface area contributed by atoms with Crippen molar-refractivity contribution in [2.45, 2.75) is 13.3 Å². The summed E-state index contributed by atoms with van der Waals surface area (Å²) in [6.45, 7) is 1.89. The van der Waals surface area contributed by atoms with Gasteiger partial charge in [0.1, 0.15) is 0 Å². The molecular weight excluding hydrogens is 260 g/mol. The summed E-state index contributed by atoms with van der Waals surface area (Å²) >= 11 is 0. The smallest absolute Gasteiger partial charge is 0.319 e. The van der Waals surface area contributed by atoms with Crippen molar-refractivity contribution in [1.29, 1.82) is 0 Å². The van der Waals surface area contributed by atoms with E-state index in [-0.39, 0.29) is 11.8 Å². The highest BCUT2D eigenvalue weighted by molar-refractivity contribution is 5.95. The van der Waals surface area contributed by atoms with Crippen LogP contribution in [0.1, 0.15) is 23.1 Å². The number of aromatic nitrogens is 2. The molecule has 0 unspecified atom stereocenters. The van der Waals surface area contributed by atoms with Crippen LogP contribution >= 0.6 is 0 Å². The van der Waals surface area contributed by atoms with Crippen LogP contribution in [0.5, 0.6) is 0 Å². The van der Waals surface area contributed by atoms with E-state index in [1.165, 1.54) is 13.3 Å². The molecule has 0 aliphatic heterocycles. The van der Waals surface area contributed by atoms with Crippen LogP contribution in [0.2, 0.25) is 0 Å². The first-order valence-electron chi connectivity index (χ1n) is 6.06. The summed E-state index contributed by atoms with van der Waals surface area (Å²) in [7, 11) is 0. The Balaban J connectivity index is 1.77. The summed E-state index contributed by atoms with van der Waals surface area (Å²) in [5.41, 5.74) is 1.22. The molecule has 7 heteroatoms. The molecule has 0 saturated carbocycles. The minimum absolute atomic E-state index is 0.0129. The Kier molecular flexibility index (Phi) is 4.43. The highest BCUT2D eigenvalue weighted by Crippen LogP contribution is 2.09.